The van der Waals surface area contributed by atoms with Crippen molar-refractivity contribution in [3.8, 4) is 0 Å². The first-order chi connectivity index (χ1) is 7.69. The molecule has 0 fully saturated rings. The van der Waals surface area contributed by atoms with Crippen LogP contribution in [0.2, 0.25) is 0 Å². The zero-order valence-corrected chi connectivity index (χ0v) is 9.27. The number of anilines is 2. The van der Waals surface area contributed by atoms with E-state index in [1.165, 1.54) is 5.56 Å². The van der Waals surface area contributed by atoms with Gasteiger partial charge in [-0.2, -0.15) is 0 Å². The summed E-state index contributed by atoms with van der Waals surface area (Å²) >= 11 is 0. The summed E-state index contributed by atoms with van der Waals surface area (Å²) in [6.07, 6.45) is 2.52. The maximum atomic E-state index is 10.6. The molecule has 0 aliphatic carbocycles. The summed E-state index contributed by atoms with van der Waals surface area (Å²) in [5, 5.41) is 3.14. The number of nitrogens with zero attached hydrogens (tertiary/aromatic N) is 2. The molecule has 0 bridgehead atoms. The zero-order valence-electron chi connectivity index (χ0n) is 9.27. The number of hydrogen-bond donors (Lipinski definition) is 1. The second kappa shape index (κ2) is 4.18. The van der Waals surface area contributed by atoms with Crippen molar-refractivity contribution in [3.63, 3.8) is 0 Å². The molecule has 1 aromatic heterocycles. The van der Waals surface area contributed by atoms with Crippen molar-refractivity contribution in [2.75, 3.05) is 5.32 Å². The Morgan fingerprint density at radius 2 is 2.00 bits per heavy atom. The number of rotatable bonds is 3. The molecule has 82 valence electrons. The van der Waals surface area contributed by atoms with E-state index in [4.69, 9.17) is 0 Å². The standard InChI is InChI=1S/C12H13N3O/c1-9-3-5-10(6-4-9)13-11-7-15(2)12(8-16)14-11/h3-8,13H,1-2H3. The van der Waals surface area contributed by atoms with Crippen LogP contribution >= 0.6 is 0 Å². The van der Waals surface area contributed by atoms with E-state index in [1.807, 2.05) is 31.2 Å². The molecule has 0 unspecified atom stereocenters. The number of aromatic nitrogens is 2. The van der Waals surface area contributed by atoms with Crippen LogP contribution in [0.4, 0.5) is 11.5 Å². The van der Waals surface area contributed by atoms with Crippen LogP contribution in [0.1, 0.15) is 16.2 Å². The molecule has 0 spiro atoms. The Labute approximate surface area is 93.9 Å². The van der Waals surface area contributed by atoms with Gasteiger partial charge in [-0.15, -0.1) is 0 Å². The summed E-state index contributed by atoms with van der Waals surface area (Å²) in [5.74, 6) is 1.09. The van der Waals surface area contributed by atoms with Crippen molar-refractivity contribution in [1.29, 1.82) is 0 Å². The van der Waals surface area contributed by atoms with E-state index >= 15 is 0 Å². The first kappa shape index (κ1) is 10.4. The Kier molecular flexibility index (Phi) is 2.72. The molecule has 0 atom stereocenters. The van der Waals surface area contributed by atoms with E-state index in [0.717, 1.165) is 12.0 Å². The summed E-state index contributed by atoms with van der Waals surface area (Å²) in [6, 6.07) is 7.99. The number of benzene rings is 1. The lowest BCUT2D eigenvalue weighted by Gasteiger charge is -2.02. The molecule has 0 saturated carbocycles. The molecule has 4 heteroatoms. The van der Waals surface area contributed by atoms with Gasteiger partial charge < -0.3 is 9.88 Å². The van der Waals surface area contributed by atoms with Crippen molar-refractivity contribution in [2.24, 2.45) is 7.05 Å². The summed E-state index contributed by atoms with van der Waals surface area (Å²) in [7, 11) is 1.79. The summed E-state index contributed by atoms with van der Waals surface area (Å²) in [6.45, 7) is 2.04. The highest BCUT2D eigenvalue weighted by Crippen LogP contribution is 2.15. The molecular formula is C12H13N3O. The summed E-state index contributed by atoms with van der Waals surface area (Å²) in [4.78, 5) is 14.8. The molecule has 2 aromatic rings. The van der Waals surface area contributed by atoms with Crippen molar-refractivity contribution in [1.82, 2.24) is 9.55 Å². The molecule has 2 rings (SSSR count). The summed E-state index contributed by atoms with van der Waals surface area (Å²) in [5.41, 5.74) is 2.17. The van der Waals surface area contributed by atoms with Crippen LogP contribution < -0.4 is 5.32 Å². The van der Waals surface area contributed by atoms with Gasteiger partial charge in [0.15, 0.2) is 12.1 Å². The Hall–Kier alpha value is -2.10. The minimum absolute atomic E-state index is 0.412. The van der Waals surface area contributed by atoms with Crippen LogP contribution in [0, 0.1) is 6.92 Å². The van der Waals surface area contributed by atoms with Gasteiger partial charge in [0.2, 0.25) is 0 Å². The average Bonchev–Trinajstić information content (AvgIpc) is 2.62. The number of hydrogen-bond acceptors (Lipinski definition) is 3. The van der Waals surface area contributed by atoms with E-state index in [2.05, 4.69) is 10.3 Å². The lowest BCUT2D eigenvalue weighted by atomic mass is 10.2. The Morgan fingerprint density at radius 3 is 2.56 bits per heavy atom. The number of nitrogens with one attached hydrogen (secondary N) is 1. The van der Waals surface area contributed by atoms with Gasteiger partial charge in [0.05, 0.1) is 0 Å². The van der Waals surface area contributed by atoms with Gasteiger partial charge in [0, 0.05) is 18.9 Å². The maximum Gasteiger partial charge on any atom is 0.185 e. The molecule has 1 N–H and O–H groups in total. The van der Waals surface area contributed by atoms with E-state index < -0.39 is 0 Å². The minimum atomic E-state index is 0.412. The highest BCUT2D eigenvalue weighted by atomic mass is 16.1. The second-order valence-electron chi connectivity index (χ2n) is 3.70. The topological polar surface area (TPSA) is 46.9 Å². The lowest BCUT2D eigenvalue weighted by molar-refractivity contribution is 0.111. The number of carbonyl (C=O) groups excluding carboxylic acids is 1. The van der Waals surface area contributed by atoms with Crippen molar-refractivity contribution < 1.29 is 4.79 Å². The Morgan fingerprint density at radius 1 is 1.31 bits per heavy atom. The highest BCUT2D eigenvalue weighted by molar-refractivity contribution is 5.71. The van der Waals surface area contributed by atoms with Crippen LogP contribution in [-0.4, -0.2) is 15.8 Å². The number of imidazole rings is 1. The van der Waals surface area contributed by atoms with Gasteiger partial charge in [0.1, 0.15) is 5.82 Å². The van der Waals surface area contributed by atoms with Gasteiger partial charge in [-0.3, -0.25) is 4.79 Å². The van der Waals surface area contributed by atoms with Crippen molar-refractivity contribution in [2.45, 2.75) is 6.92 Å². The normalized spacial score (nSPS) is 10.1. The third kappa shape index (κ3) is 2.11. The van der Waals surface area contributed by atoms with E-state index in [9.17, 15) is 4.79 Å². The molecule has 16 heavy (non-hydrogen) atoms. The van der Waals surface area contributed by atoms with Gasteiger partial charge >= 0.3 is 0 Å². The fourth-order valence-electron chi connectivity index (χ4n) is 1.44. The molecule has 1 heterocycles. The first-order valence-corrected chi connectivity index (χ1v) is 5.01. The zero-order chi connectivity index (χ0) is 11.5. The van der Waals surface area contributed by atoms with Crippen LogP contribution in [-0.2, 0) is 7.05 Å². The first-order valence-electron chi connectivity index (χ1n) is 5.01. The van der Waals surface area contributed by atoms with Gasteiger partial charge in [-0.05, 0) is 19.1 Å². The molecular weight excluding hydrogens is 202 g/mol. The third-order valence-electron chi connectivity index (χ3n) is 2.34. The molecule has 1 aromatic carbocycles. The van der Waals surface area contributed by atoms with Gasteiger partial charge in [0.25, 0.3) is 0 Å². The van der Waals surface area contributed by atoms with Gasteiger partial charge in [-0.1, -0.05) is 17.7 Å². The predicted molar refractivity (Wildman–Crippen MR) is 63.1 cm³/mol. The maximum absolute atomic E-state index is 10.6. The van der Waals surface area contributed by atoms with Crippen LogP contribution in [0.5, 0.6) is 0 Å². The quantitative estimate of drug-likeness (QED) is 0.799. The Balaban J connectivity index is 2.20. The van der Waals surface area contributed by atoms with Crippen LogP contribution in [0.25, 0.3) is 0 Å². The van der Waals surface area contributed by atoms with E-state index in [1.54, 1.807) is 17.8 Å². The van der Waals surface area contributed by atoms with E-state index in [0.29, 0.717) is 11.6 Å². The number of carbonyl (C=O) groups is 1. The number of aryl methyl sites for hydroxylation is 2. The van der Waals surface area contributed by atoms with E-state index in [-0.39, 0.29) is 0 Å². The monoisotopic (exact) mass is 215 g/mol. The second-order valence-corrected chi connectivity index (χ2v) is 3.70. The van der Waals surface area contributed by atoms with Crippen molar-refractivity contribution in [3.05, 3.63) is 41.9 Å². The van der Waals surface area contributed by atoms with Crippen LogP contribution in [0.15, 0.2) is 30.5 Å². The largest absolute Gasteiger partial charge is 0.339 e. The highest BCUT2D eigenvalue weighted by Gasteiger charge is 2.03. The summed E-state index contributed by atoms with van der Waals surface area (Å²) < 4.78 is 1.68. The predicted octanol–water partition coefficient (Wildman–Crippen LogP) is 2.28. The lowest BCUT2D eigenvalue weighted by Crippen LogP contribution is -1.93. The Bertz CT molecular complexity index is 499. The number of aldehydes is 1. The molecule has 0 radical (unpaired) electrons. The van der Waals surface area contributed by atoms with Crippen LogP contribution in [0.3, 0.4) is 0 Å². The fourth-order valence-corrected chi connectivity index (χ4v) is 1.44. The minimum Gasteiger partial charge on any atom is -0.339 e. The average molecular weight is 215 g/mol. The molecule has 0 aliphatic rings. The third-order valence-corrected chi connectivity index (χ3v) is 2.34. The molecule has 0 aliphatic heterocycles. The van der Waals surface area contributed by atoms with Gasteiger partial charge in [-0.25, -0.2) is 4.98 Å². The smallest absolute Gasteiger partial charge is 0.185 e. The fraction of sp³-hybridized carbons (Fsp3) is 0.167. The molecule has 0 amide bonds. The molecule has 4 nitrogen and oxygen atoms in total. The SMILES string of the molecule is Cc1ccc(Nc2cn(C)c(C=O)n2)cc1. The van der Waals surface area contributed by atoms with Crippen molar-refractivity contribution >= 4 is 17.8 Å². The molecule has 0 saturated heterocycles.